The Bertz CT molecular complexity index is 364. The lowest BCUT2D eigenvalue weighted by atomic mass is 10.2. The molecule has 0 atom stereocenters. The first kappa shape index (κ1) is 12.6. The van der Waals surface area contributed by atoms with Gasteiger partial charge < -0.3 is 10.4 Å². The second kappa shape index (κ2) is 6.23. The molecule has 0 unspecified atom stereocenters. The van der Waals surface area contributed by atoms with Crippen LogP contribution in [0, 0.1) is 13.8 Å². The molecule has 1 rings (SSSR count). The van der Waals surface area contributed by atoms with E-state index in [1.165, 1.54) is 0 Å². The lowest BCUT2D eigenvalue weighted by Gasteiger charge is -2.07. The minimum absolute atomic E-state index is 0.0257. The Morgan fingerprint density at radius 1 is 1.38 bits per heavy atom. The van der Waals surface area contributed by atoms with Crippen LogP contribution in [0.25, 0.3) is 0 Å². The number of carbonyl (C=O) groups excluding carboxylic acids is 1. The largest absolute Gasteiger partial charge is 0.396 e. The summed E-state index contributed by atoms with van der Waals surface area (Å²) in [5.41, 5.74) is 2.53. The fourth-order valence-corrected chi connectivity index (χ4v) is 1.43. The number of aliphatic hydroxyl groups excluding tert-OH is 1. The Morgan fingerprint density at radius 3 is 2.75 bits per heavy atom. The number of aliphatic hydroxyl groups is 1. The molecule has 1 aromatic rings. The summed E-state index contributed by atoms with van der Waals surface area (Å²) in [7, 11) is 0. The second-order valence-corrected chi connectivity index (χ2v) is 3.81. The first-order valence-corrected chi connectivity index (χ1v) is 5.48. The maximum Gasteiger partial charge on any atom is 0.224 e. The van der Waals surface area contributed by atoms with Crippen molar-refractivity contribution < 1.29 is 9.90 Å². The van der Waals surface area contributed by atoms with E-state index >= 15 is 0 Å². The Kier molecular flexibility index (Phi) is 4.92. The van der Waals surface area contributed by atoms with E-state index in [1.807, 2.05) is 26.0 Å². The highest BCUT2D eigenvalue weighted by Gasteiger charge is 2.05. The molecule has 0 saturated carbocycles. The zero-order valence-corrected chi connectivity index (χ0v) is 9.79. The van der Waals surface area contributed by atoms with Gasteiger partial charge in [0.05, 0.1) is 11.4 Å². The van der Waals surface area contributed by atoms with Crippen LogP contribution in [0.3, 0.4) is 0 Å². The van der Waals surface area contributed by atoms with Crippen LogP contribution in [-0.2, 0) is 4.79 Å². The molecule has 4 heteroatoms. The average Bonchev–Trinajstić information content (AvgIpc) is 2.23. The summed E-state index contributed by atoms with van der Waals surface area (Å²) in [6, 6.07) is 3.73. The number of nitrogens with zero attached hydrogens (tertiary/aromatic N) is 1. The van der Waals surface area contributed by atoms with E-state index in [-0.39, 0.29) is 12.5 Å². The normalized spacial score (nSPS) is 10.2. The maximum absolute atomic E-state index is 11.5. The van der Waals surface area contributed by atoms with Crippen molar-refractivity contribution >= 4 is 11.6 Å². The van der Waals surface area contributed by atoms with Crippen LogP contribution in [0.4, 0.5) is 5.69 Å². The Balaban J connectivity index is 2.49. The van der Waals surface area contributed by atoms with E-state index in [9.17, 15) is 4.79 Å². The number of unbranched alkanes of at least 4 members (excludes halogenated alkanes) is 1. The van der Waals surface area contributed by atoms with Gasteiger partial charge in [-0.1, -0.05) is 0 Å². The highest BCUT2D eigenvalue weighted by atomic mass is 16.2. The van der Waals surface area contributed by atoms with Gasteiger partial charge in [-0.15, -0.1) is 0 Å². The minimum atomic E-state index is -0.0257. The van der Waals surface area contributed by atoms with Gasteiger partial charge in [-0.2, -0.15) is 0 Å². The topological polar surface area (TPSA) is 62.2 Å². The van der Waals surface area contributed by atoms with Crippen molar-refractivity contribution in [2.75, 3.05) is 11.9 Å². The summed E-state index contributed by atoms with van der Waals surface area (Å²) < 4.78 is 0. The standard InChI is InChI=1S/C12H18N2O2/c1-9-6-7-11(10(2)13-9)14-12(16)5-3-4-8-15/h6-7,15H,3-5,8H2,1-2H3,(H,14,16). The van der Waals surface area contributed by atoms with Gasteiger partial charge in [0.25, 0.3) is 0 Å². The number of aryl methyl sites for hydroxylation is 2. The Morgan fingerprint density at radius 2 is 2.12 bits per heavy atom. The summed E-state index contributed by atoms with van der Waals surface area (Å²) >= 11 is 0. The fraction of sp³-hybridized carbons (Fsp3) is 0.500. The van der Waals surface area contributed by atoms with E-state index in [2.05, 4.69) is 10.3 Å². The molecular formula is C12H18N2O2. The van der Waals surface area contributed by atoms with Crippen molar-refractivity contribution in [3.05, 3.63) is 23.5 Å². The highest BCUT2D eigenvalue weighted by Crippen LogP contribution is 2.13. The van der Waals surface area contributed by atoms with E-state index in [0.717, 1.165) is 17.1 Å². The number of aromatic nitrogens is 1. The number of pyridine rings is 1. The van der Waals surface area contributed by atoms with Crippen molar-refractivity contribution in [3.8, 4) is 0 Å². The predicted octanol–water partition coefficient (Wildman–Crippen LogP) is 1.80. The van der Waals surface area contributed by atoms with Crippen LogP contribution < -0.4 is 5.32 Å². The minimum Gasteiger partial charge on any atom is -0.396 e. The van der Waals surface area contributed by atoms with Gasteiger partial charge in [0.15, 0.2) is 0 Å². The molecule has 0 saturated heterocycles. The molecule has 0 aliphatic rings. The van der Waals surface area contributed by atoms with Crippen LogP contribution in [0.2, 0.25) is 0 Å². The van der Waals surface area contributed by atoms with Crippen molar-refractivity contribution in [2.45, 2.75) is 33.1 Å². The number of hydrogen-bond acceptors (Lipinski definition) is 3. The van der Waals surface area contributed by atoms with Gasteiger partial charge in [0.2, 0.25) is 5.91 Å². The molecule has 1 aromatic heterocycles. The van der Waals surface area contributed by atoms with Gasteiger partial charge in [-0.25, -0.2) is 0 Å². The third-order valence-electron chi connectivity index (χ3n) is 2.31. The molecular weight excluding hydrogens is 204 g/mol. The van der Waals surface area contributed by atoms with Crippen LogP contribution in [0.15, 0.2) is 12.1 Å². The first-order chi connectivity index (χ1) is 7.63. The van der Waals surface area contributed by atoms with Crippen LogP contribution in [0.1, 0.15) is 30.7 Å². The first-order valence-electron chi connectivity index (χ1n) is 5.48. The van der Waals surface area contributed by atoms with Gasteiger partial charge in [0, 0.05) is 18.7 Å². The average molecular weight is 222 g/mol. The summed E-state index contributed by atoms with van der Waals surface area (Å²) in [5.74, 6) is -0.0257. The second-order valence-electron chi connectivity index (χ2n) is 3.81. The fourth-order valence-electron chi connectivity index (χ4n) is 1.43. The molecule has 1 heterocycles. The van der Waals surface area contributed by atoms with Crippen molar-refractivity contribution in [3.63, 3.8) is 0 Å². The predicted molar refractivity (Wildman–Crippen MR) is 63.3 cm³/mol. The van der Waals surface area contributed by atoms with Gasteiger partial charge >= 0.3 is 0 Å². The molecule has 2 N–H and O–H groups in total. The summed E-state index contributed by atoms with van der Waals surface area (Å²) in [4.78, 5) is 15.8. The molecule has 0 fully saturated rings. The van der Waals surface area contributed by atoms with Gasteiger partial charge in [0.1, 0.15) is 0 Å². The molecule has 0 aliphatic carbocycles. The Hall–Kier alpha value is -1.42. The molecule has 16 heavy (non-hydrogen) atoms. The highest BCUT2D eigenvalue weighted by molar-refractivity contribution is 5.91. The van der Waals surface area contributed by atoms with Gasteiger partial charge in [-0.05, 0) is 38.8 Å². The van der Waals surface area contributed by atoms with E-state index < -0.39 is 0 Å². The number of carbonyl (C=O) groups is 1. The molecule has 0 spiro atoms. The third kappa shape index (κ3) is 3.98. The molecule has 0 radical (unpaired) electrons. The monoisotopic (exact) mass is 222 g/mol. The van der Waals surface area contributed by atoms with E-state index in [4.69, 9.17) is 5.11 Å². The number of hydrogen-bond donors (Lipinski definition) is 2. The number of rotatable bonds is 5. The summed E-state index contributed by atoms with van der Waals surface area (Å²) in [6.07, 6.45) is 1.81. The third-order valence-corrected chi connectivity index (χ3v) is 2.31. The van der Waals surface area contributed by atoms with E-state index in [0.29, 0.717) is 19.3 Å². The smallest absolute Gasteiger partial charge is 0.224 e. The van der Waals surface area contributed by atoms with Crippen LogP contribution in [0.5, 0.6) is 0 Å². The maximum atomic E-state index is 11.5. The lowest BCUT2D eigenvalue weighted by molar-refractivity contribution is -0.116. The number of anilines is 1. The van der Waals surface area contributed by atoms with Crippen molar-refractivity contribution in [1.29, 1.82) is 0 Å². The van der Waals surface area contributed by atoms with Crippen LogP contribution in [-0.4, -0.2) is 22.6 Å². The zero-order chi connectivity index (χ0) is 12.0. The zero-order valence-electron chi connectivity index (χ0n) is 9.79. The van der Waals surface area contributed by atoms with Crippen molar-refractivity contribution in [2.24, 2.45) is 0 Å². The molecule has 4 nitrogen and oxygen atoms in total. The number of nitrogens with one attached hydrogen (secondary N) is 1. The molecule has 88 valence electrons. The molecule has 1 amide bonds. The molecule has 0 aliphatic heterocycles. The van der Waals surface area contributed by atoms with Crippen molar-refractivity contribution in [1.82, 2.24) is 4.98 Å². The molecule has 0 aromatic carbocycles. The SMILES string of the molecule is Cc1ccc(NC(=O)CCCCO)c(C)n1. The molecule has 0 bridgehead atoms. The van der Waals surface area contributed by atoms with Crippen LogP contribution >= 0.6 is 0 Å². The number of amides is 1. The quantitative estimate of drug-likeness (QED) is 0.747. The Labute approximate surface area is 95.7 Å². The van der Waals surface area contributed by atoms with E-state index in [1.54, 1.807) is 0 Å². The summed E-state index contributed by atoms with van der Waals surface area (Å²) in [6.45, 7) is 3.93. The summed E-state index contributed by atoms with van der Waals surface area (Å²) in [5, 5.41) is 11.4. The lowest BCUT2D eigenvalue weighted by Crippen LogP contribution is -2.12. The van der Waals surface area contributed by atoms with Gasteiger partial charge in [-0.3, -0.25) is 9.78 Å².